The first-order valence-electron chi connectivity index (χ1n) is 6.76. The van der Waals surface area contributed by atoms with Gasteiger partial charge in [0.05, 0.1) is 11.0 Å². The van der Waals surface area contributed by atoms with Crippen LogP contribution in [0.25, 0.3) is 11.0 Å². The van der Waals surface area contributed by atoms with E-state index in [0.29, 0.717) is 11.6 Å². The SMILES string of the molecule is CC(Oc1cccc(Cl)c1)c1nc2ccc(CN)cc2[nH]1. The van der Waals surface area contributed by atoms with E-state index < -0.39 is 0 Å². The van der Waals surface area contributed by atoms with Gasteiger partial charge in [-0.2, -0.15) is 0 Å². The molecule has 3 aromatic rings. The highest BCUT2D eigenvalue weighted by molar-refractivity contribution is 6.30. The van der Waals surface area contributed by atoms with Crippen LogP contribution in [-0.4, -0.2) is 9.97 Å². The Hall–Kier alpha value is -2.04. The molecule has 108 valence electrons. The summed E-state index contributed by atoms with van der Waals surface area (Å²) in [5.41, 5.74) is 8.60. The summed E-state index contributed by atoms with van der Waals surface area (Å²) in [6.07, 6.45) is -0.197. The Balaban J connectivity index is 1.85. The normalized spacial score (nSPS) is 12.5. The van der Waals surface area contributed by atoms with E-state index in [1.807, 2.05) is 43.3 Å². The Bertz CT molecular complexity index is 769. The van der Waals surface area contributed by atoms with Gasteiger partial charge in [-0.15, -0.1) is 0 Å². The van der Waals surface area contributed by atoms with Crippen molar-refractivity contribution in [3.8, 4) is 5.75 Å². The van der Waals surface area contributed by atoms with Gasteiger partial charge in [0, 0.05) is 11.6 Å². The molecule has 5 heteroatoms. The maximum absolute atomic E-state index is 5.96. The number of imidazole rings is 1. The molecule has 1 aromatic heterocycles. The first kappa shape index (κ1) is 13.9. The molecule has 0 fully saturated rings. The van der Waals surface area contributed by atoms with E-state index in [-0.39, 0.29) is 6.10 Å². The maximum Gasteiger partial charge on any atom is 0.153 e. The van der Waals surface area contributed by atoms with Gasteiger partial charge in [0.1, 0.15) is 11.6 Å². The topological polar surface area (TPSA) is 63.9 Å². The highest BCUT2D eigenvalue weighted by atomic mass is 35.5. The molecule has 3 N–H and O–H groups in total. The average molecular weight is 302 g/mol. The largest absolute Gasteiger partial charge is 0.483 e. The number of aromatic amines is 1. The van der Waals surface area contributed by atoms with Gasteiger partial charge in [0.25, 0.3) is 0 Å². The second-order valence-corrected chi connectivity index (χ2v) is 5.33. The molecule has 0 aliphatic rings. The van der Waals surface area contributed by atoms with Crippen LogP contribution in [0.3, 0.4) is 0 Å². The van der Waals surface area contributed by atoms with Crippen LogP contribution in [0.5, 0.6) is 5.75 Å². The van der Waals surface area contributed by atoms with Crippen LogP contribution in [-0.2, 0) is 6.54 Å². The lowest BCUT2D eigenvalue weighted by Gasteiger charge is -2.12. The monoisotopic (exact) mass is 301 g/mol. The lowest BCUT2D eigenvalue weighted by Crippen LogP contribution is -2.04. The molecule has 1 atom stereocenters. The summed E-state index contributed by atoms with van der Waals surface area (Å²) in [6, 6.07) is 13.3. The molecular formula is C16H16ClN3O. The molecular weight excluding hydrogens is 286 g/mol. The summed E-state index contributed by atoms with van der Waals surface area (Å²) in [5.74, 6) is 1.50. The smallest absolute Gasteiger partial charge is 0.153 e. The molecule has 3 rings (SSSR count). The molecule has 21 heavy (non-hydrogen) atoms. The number of benzene rings is 2. The highest BCUT2D eigenvalue weighted by Crippen LogP contribution is 2.24. The van der Waals surface area contributed by atoms with E-state index in [1.54, 1.807) is 6.07 Å². The van der Waals surface area contributed by atoms with Crippen molar-refractivity contribution in [2.24, 2.45) is 5.73 Å². The van der Waals surface area contributed by atoms with E-state index >= 15 is 0 Å². The molecule has 0 bridgehead atoms. The zero-order chi connectivity index (χ0) is 14.8. The van der Waals surface area contributed by atoms with Crippen molar-refractivity contribution in [3.63, 3.8) is 0 Å². The van der Waals surface area contributed by atoms with E-state index in [0.717, 1.165) is 28.2 Å². The van der Waals surface area contributed by atoms with Gasteiger partial charge in [0.2, 0.25) is 0 Å². The molecule has 0 aliphatic heterocycles. The summed E-state index contributed by atoms with van der Waals surface area (Å²) in [7, 11) is 0. The predicted molar refractivity (Wildman–Crippen MR) is 84.5 cm³/mol. The summed E-state index contributed by atoms with van der Waals surface area (Å²) in [4.78, 5) is 7.83. The molecule has 4 nitrogen and oxygen atoms in total. The molecule has 0 saturated carbocycles. The number of fused-ring (bicyclic) bond motifs is 1. The van der Waals surface area contributed by atoms with Crippen molar-refractivity contribution in [2.75, 3.05) is 0 Å². The van der Waals surface area contributed by atoms with Crippen LogP contribution in [0.1, 0.15) is 24.4 Å². The number of nitrogens with one attached hydrogen (secondary N) is 1. The standard InChI is InChI=1S/C16H16ClN3O/c1-10(21-13-4-2-3-12(17)8-13)16-19-14-6-5-11(9-18)7-15(14)20-16/h2-8,10H,9,18H2,1H3,(H,19,20). The minimum absolute atomic E-state index is 0.197. The number of hydrogen-bond acceptors (Lipinski definition) is 3. The lowest BCUT2D eigenvalue weighted by atomic mass is 10.2. The first-order chi connectivity index (χ1) is 10.2. The Morgan fingerprint density at radius 3 is 2.90 bits per heavy atom. The quantitative estimate of drug-likeness (QED) is 0.770. The third-order valence-corrected chi connectivity index (χ3v) is 3.53. The summed E-state index contributed by atoms with van der Waals surface area (Å²) in [5, 5.41) is 0.650. The number of hydrogen-bond donors (Lipinski definition) is 2. The van der Waals surface area contributed by atoms with Gasteiger partial charge in [-0.25, -0.2) is 4.98 Å². The molecule has 2 aromatic carbocycles. The first-order valence-corrected chi connectivity index (χ1v) is 7.14. The fraction of sp³-hybridized carbons (Fsp3) is 0.188. The van der Waals surface area contributed by atoms with Gasteiger partial charge >= 0.3 is 0 Å². The van der Waals surface area contributed by atoms with Crippen molar-refractivity contribution in [2.45, 2.75) is 19.6 Å². The Morgan fingerprint density at radius 1 is 1.29 bits per heavy atom. The number of nitrogens with two attached hydrogens (primary N) is 1. The van der Waals surface area contributed by atoms with Crippen LogP contribution >= 0.6 is 11.6 Å². The van der Waals surface area contributed by atoms with E-state index in [1.165, 1.54) is 0 Å². The van der Waals surface area contributed by atoms with Crippen molar-refractivity contribution >= 4 is 22.6 Å². The molecule has 0 spiro atoms. The summed E-state index contributed by atoms with van der Waals surface area (Å²) in [6.45, 7) is 2.46. The maximum atomic E-state index is 5.96. The van der Waals surface area contributed by atoms with E-state index in [2.05, 4.69) is 9.97 Å². The number of aromatic nitrogens is 2. The van der Waals surface area contributed by atoms with Crippen LogP contribution < -0.4 is 10.5 Å². The average Bonchev–Trinajstić information content (AvgIpc) is 2.90. The number of H-pyrrole nitrogens is 1. The number of ether oxygens (including phenoxy) is 1. The third kappa shape index (κ3) is 3.01. The van der Waals surface area contributed by atoms with Gasteiger partial charge in [0.15, 0.2) is 6.10 Å². The van der Waals surface area contributed by atoms with E-state index in [9.17, 15) is 0 Å². The fourth-order valence-corrected chi connectivity index (χ4v) is 2.38. The van der Waals surface area contributed by atoms with Crippen molar-refractivity contribution in [3.05, 3.63) is 58.9 Å². The zero-order valence-electron chi connectivity index (χ0n) is 11.6. The van der Waals surface area contributed by atoms with Crippen LogP contribution in [0, 0.1) is 0 Å². The van der Waals surface area contributed by atoms with Crippen LogP contribution in [0.4, 0.5) is 0 Å². The molecule has 1 heterocycles. The van der Waals surface area contributed by atoms with Crippen molar-refractivity contribution < 1.29 is 4.74 Å². The number of rotatable bonds is 4. The Labute approximate surface area is 127 Å². The molecule has 0 radical (unpaired) electrons. The van der Waals surface area contributed by atoms with Crippen LogP contribution in [0.2, 0.25) is 5.02 Å². The Morgan fingerprint density at radius 2 is 2.14 bits per heavy atom. The summed E-state index contributed by atoms with van der Waals surface area (Å²) >= 11 is 5.96. The van der Waals surface area contributed by atoms with Gasteiger partial charge in [-0.1, -0.05) is 23.7 Å². The van der Waals surface area contributed by atoms with Crippen molar-refractivity contribution in [1.82, 2.24) is 9.97 Å². The minimum atomic E-state index is -0.197. The fourth-order valence-electron chi connectivity index (χ4n) is 2.20. The second kappa shape index (κ2) is 5.76. The number of nitrogens with zero attached hydrogens (tertiary/aromatic N) is 1. The van der Waals surface area contributed by atoms with E-state index in [4.69, 9.17) is 22.1 Å². The van der Waals surface area contributed by atoms with Crippen molar-refractivity contribution in [1.29, 1.82) is 0 Å². The lowest BCUT2D eigenvalue weighted by molar-refractivity contribution is 0.218. The molecule has 1 unspecified atom stereocenters. The summed E-state index contributed by atoms with van der Waals surface area (Å²) < 4.78 is 5.86. The Kier molecular flexibility index (Phi) is 3.82. The van der Waals surface area contributed by atoms with Gasteiger partial charge in [-0.3, -0.25) is 0 Å². The zero-order valence-corrected chi connectivity index (χ0v) is 12.4. The third-order valence-electron chi connectivity index (χ3n) is 3.29. The highest BCUT2D eigenvalue weighted by Gasteiger charge is 2.13. The molecule has 0 aliphatic carbocycles. The van der Waals surface area contributed by atoms with Crippen LogP contribution in [0.15, 0.2) is 42.5 Å². The number of halogens is 1. The minimum Gasteiger partial charge on any atom is -0.483 e. The molecule has 0 saturated heterocycles. The second-order valence-electron chi connectivity index (χ2n) is 4.90. The predicted octanol–water partition coefficient (Wildman–Crippen LogP) is 3.82. The van der Waals surface area contributed by atoms with Gasteiger partial charge in [-0.05, 0) is 42.8 Å². The molecule has 0 amide bonds. The van der Waals surface area contributed by atoms with Gasteiger partial charge < -0.3 is 15.5 Å².